The quantitative estimate of drug-likeness (QED) is 0.235. The lowest BCUT2D eigenvalue weighted by Crippen LogP contribution is -2.32. The van der Waals surface area contributed by atoms with Crippen LogP contribution in [-0.4, -0.2) is 34.5 Å². The first-order valence-electron chi connectivity index (χ1n) is 16.0. The number of rotatable bonds is 11. The molecular weight excluding hydrogens is 673 g/mol. The summed E-state index contributed by atoms with van der Waals surface area (Å²) >= 11 is 0. The normalized spacial score (nSPS) is 23.3. The number of alkyl halides is 9. The molecule has 2 aromatic rings. The highest BCUT2D eigenvalue weighted by Gasteiger charge is 2.44. The minimum absolute atomic E-state index is 0.0337. The molecule has 0 bridgehead atoms. The summed E-state index contributed by atoms with van der Waals surface area (Å²) in [6, 6.07) is 3.57. The average Bonchev–Trinajstić information content (AvgIpc) is 3.27. The number of aliphatic carboxylic acids is 1. The molecule has 1 heterocycles. The van der Waals surface area contributed by atoms with E-state index in [9.17, 15) is 49.1 Å². The van der Waals surface area contributed by atoms with E-state index >= 15 is 0 Å². The van der Waals surface area contributed by atoms with Gasteiger partial charge in [0.05, 0.1) is 17.2 Å². The van der Waals surface area contributed by atoms with Gasteiger partial charge in [0.15, 0.2) is 0 Å². The van der Waals surface area contributed by atoms with E-state index in [1.54, 1.807) is 0 Å². The molecule has 4 unspecified atom stereocenters. The number of cyclic esters (lactones) is 1. The van der Waals surface area contributed by atoms with E-state index < -0.39 is 65.4 Å². The van der Waals surface area contributed by atoms with Crippen molar-refractivity contribution < 1.29 is 63.7 Å². The average molecular weight is 712 g/mol. The molecule has 0 aromatic heterocycles. The van der Waals surface area contributed by atoms with Gasteiger partial charge in [-0.25, -0.2) is 4.79 Å². The van der Waals surface area contributed by atoms with Crippen LogP contribution in [0.15, 0.2) is 36.4 Å². The molecule has 2 fully saturated rings. The molecular formula is C34H38F9NO5. The topological polar surface area (TPSA) is 76.1 Å². The van der Waals surface area contributed by atoms with Gasteiger partial charge in [-0.15, -0.1) is 13.2 Å². The molecule has 1 N–H and O–H groups in total. The van der Waals surface area contributed by atoms with Crippen molar-refractivity contribution in [3.8, 4) is 5.75 Å². The molecule has 1 saturated heterocycles. The van der Waals surface area contributed by atoms with Gasteiger partial charge < -0.3 is 14.6 Å². The van der Waals surface area contributed by atoms with Gasteiger partial charge in [-0.1, -0.05) is 26.3 Å². The van der Waals surface area contributed by atoms with Gasteiger partial charge in [-0.05, 0) is 110 Å². The first kappa shape index (κ1) is 38.2. The monoisotopic (exact) mass is 711 g/mol. The van der Waals surface area contributed by atoms with E-state index in [4.69, 9.17) is 9.84 Å². The predicted molar refractivity (Wildman–Crippen MR) is 158 cm³/mol. The lowest BCUT2D eigenvalue weighted by atomic mass is 9.70. The Balaban J connectivity index is 1.61. The van der Waals surface area contributed by atoms with Gasteiger partial charge in [-0.3, -0.25) is 9.69 Å². The summed E-state index contributed by atoms with van der Waals surface area (Å²) in [5.41, 5.74) is -2.84. The number of benzene rings is 2. The molecule has 1 saturated carbocycles. The highest BCUT2D eigenvalue weighted by Crippen LogP contribution is 2.43. The standard InChI is InChI=1S/C34H38F9NO5/c1-4-21(18(2)22-7-5-20(6-8-22)11-29(45)46)12-23-9-10-28(49-34(41,42)43)15-25(23)17-44-19(3)30(48-31(44)47)24-13-26(32(35,36)37)16-27(14-24)33(38,39)40/h9-10,13-16,18-22,30H,4-8,11-12,17H2,1-3H3,(H,45,46). The number of hydrogen-bond donors (Lipinski definition) is 1. The smallest absolute Gasteiger partial charge is 0.481 e. The second-order valence-corrected chi connectivity index (χ2v) is 13.1. The number of carboxylic acid groups (broad SMARTS) is 1. The molecule has 4 atom stereocenters. The molecule has 272 valence electrons. The third kappa shape index (κ3) is 9.74. The molecule has 1 amide bonds. The van der Waals surface area contributed by atoms with Crippen molar-refractivity contribution in [3.63, 3.8) is 0 Å². The Kier molecular flexibility index (Phi) is 11.4. The fourth-order valence-electron chi connectivity index (χ4n) is 7.17. The lowest BCUT2D eigenvalue weighted by Gasteiger charge is -2.36. The Morgan fingerprint density at radius 3 is 2.04 bits per heavy atom. The fourth-order valence-corrected chi connectivity index (χ4v) is 7.17. The molecule has 6 nitrogen and oxygen atoms in total. The van der Waals surface area contributed by atoms with Gasteiger partial charge in [0.25, 0.3) is 0 Å². The van der Waals surface area contributed by atoms with Crippen molar-refractivity contribution in [2.75, 3.05) is 0 Å². The maximum absolute atomic E-state index is 13.5. The van der Waals surface area contributed by atoms with Crippen molar-refractivity contribution in [3.05, 3.63) is 64.2 Å². The van der Waals surface area contributed by atoms with Crippen molar-refractivity contribution in [2.24, 2.45) is 23.7 Å². The van der Waals surface area contributed by atoms with Crippen LogP contribution in [0.25, 0.3) is 0 Å². The molecule has 4 rings (SSSR count). The molecule has 15 heteroatoms. The first-order chi connectivity index (χ1) is 22.7. The second kappa shape index (κ2) is 14.7. The van der Waals surface area contributed by atoms with Crippen LogP contribution in [0.5, 0.6) is 5.75 Å². The summed E-state index contributed by atoms with van der Waals surface area (Å²) in [4.78, 5) is 25.3. The van der Waals surface area contributed by atoms with Crippen molar-refractivity contribution in [1.29, 1.82) is 0 Å². The third-order valence-electron chi connectivity index (χ3n) is 9.93. The van der Waals surface area contributed by atoms with E-state index in [0.717, 1.165) is 42.7 Å². The zero-order valence-electron chi connectivity index (χ0n) is 27.0. The zero-order valence-corrected chi connectivity index (χ0v) is 27.0. The molecule has 49 heavy (non-hydrogen) atoms. The Bertz CT molecular complexity index is 1450. The summed E-state index contributed by atoms with van der Waals surface area (Å²) in [7, 11) is 0. The summed E-state index contributed by atoms with van der Waals surface area (Å²) in [6.45, 7) is 5.09. The summed E-state index contributed by atoms with van der Waals surface area (Å²) in [5.74, 6) is -0.773. The number of carbonyl (C=O) groups is 2. The van der Waals surface area contributed by atoms with Crippen LogP contribution in [-0.2, 0) is 34.8 Å². The van der Waals surface area contributed by atoms with Gasteiger partial charge >= 0.3 is 30.8 Å². The highest BCUT2D eigenvalue weighted by molar-refractivity contribution is 5.71. The van der Waals surface area contributed by atoms with Crippen LogP contribution >= 0.6 is 0 Å². The largest absolute Gasteiger partial charge is 0.573 e. The van der Waals surface area contributed by atoms with Crippen LogP contribution < -0.4 is 4.74 Å². The molecule has 1 aliphatic carbocycles. The van der Waals surface area contributed by atoms with E-state index in [2.05, 4.69) is 11.7 Å². The first-order valence-corrected chi connectivity index (χ1v) is 16.0. The van der Waals surface area contributed by atoms with Crippen molar-refractivity contribution in [1.82, 2.24) is 4.90 Å². The van der Waals surface area contributed by atoms with Gasteiger partial charge in [0.2, 0.25) is 0 Å². The number of amides is 1. The molecule has 2 aliphatic rings. The number of hydrogen-bond acceptors (Lipinski definition) is 4. The minimum atomic E-state index is -5.12. The summed E-state index contributed by atoms with van der Waals surface area (Å²) in [5, 5.41) is 9.14. The van der Waals surface area contributed by atoms with Crippen LogP contribution in [0.3, 0.4) is 0 Å². The third-order valence-corrected chi connectivity index (χ3v) is 9.93. The number of halogens is 9. The van der Waals surface area contributed by atoms with E-state index in [-0.39, 0.29) is 42.3 Å². The number of ether oxygens (including phenoxy) is 2. The zero-order chi connectivity index (χ0) is 36.5. The maximum Gasteiger partial charge on any atom is 0.573 e. The molecule has 0 spiro atoms. The SMILES string of the molecule is CCC(Cc1ccc(OC(F)(F)F)cc1CN1C(=O)OC(c2cc(C(F)(F)F)cc(C(F)(F)F)c2)C1C)C(C)C1CCC(CC(=O)O)CC1. The Morgan fingerprint density at radius 2 is 1.53 bits per heavy atom. The number of nitrogens with zero attached hydrogens (tertiary/aromatic N) is 1. The van der Waals surface area contributed by atoms with Crippen LogP contribution in [0.2, 0.25) is 0 Å². The van der Waals surface area contributed by atoms with Gasteiger partial charge in [-0.2, -0.15) is 26.3 Å². The summed E-state index contributed by atoms with van der Waals surface area (Å²) in [6.07, 6.45) is -13.4. The molecule has 0 radical (unpaired) electrons. The van der Waals surface area contributed by atoms with E-state index in [0.29, 0.717) is 36.5 Å². The number of carbonyl (C=O) groups excluding carboxylic acids is 1. The van der Waals surface area contributed by atoms with E-state index in [1.165, 1.54) is 13.0 Å². The Labute approximate surface area is 277 Å². The van der Waals surface area contributed by atoms with Gasteiger partial charge in [0.1, 0.15) is 11.9 Å². The second-order valence-electron chi connectivity index (χ2n) is 13.1. The minimum Gasteiger partial charge on any atom is -0.481 e. The maximum atomic E-state index is 13.5. The summed E-state index contributed by atoms with van der Waals surface area (Å²) < 4.78 is 130. The molecule has 1 aliphatic heterocycles. The van der Waals surface area contributed by atoms with Crippen molar-refractivity contribution >= 4 is 12.1 Å². The lowest BCUT2D eigenvalue weighted by molar-refractivity contribution is -0.274. The fraction of sp³-hybridized carbons (Fsp3) is 0.588. The Hall–Kier alpha value is -3.65. The molecule has 2 aromatic carbocycles. The Morgan fingerprint density at radius 1 is 0.939 bits per heavy atom. The highest BCUT2D eigenvalue weighted by atomic mass is 19.4. The van der Waals surface area contributed by atoms with Crippen LogP contribution in [0.1, 0.15) is 93.2 Å². The predicted octanol–water partition coefficient (Wildman–Crippen LogP) is 10.2. The van der Waals surface area contributed by atoms with E-state index in [1.807, 2.05) is 6.92 Å². The van der Waals surface area contributed by atoms with Crippen LogP contribution in [0, 0.1) is 23.7 Å². The van der Waals surface area contributed by atoms with Gasteiger partial charge in [0, 0.05) is 13.0 Å². The van der Waals surface area contributed by atoms with Crippen LogP contribution in [0.4, 0.5) is 44.3 Å². The van der Waals surface area contributed by atoms with Crippen molar-refractivity contribution in [2.45, 2.75) is 103 Å². The number of carboxylic acids is 1.